The van der Waals surface area contributed by atoms with Crippen LogP contribution in [0.4, 0.5) is 0 Å². The highest BCUT2D eigenvalue weighted by atomic mass is 32.2. The molecular weight excluding hydrogens is 230 g/mol. The average molecular weight is 259 g/mol. The zero-order chi connectivity index (χ0) is 12.8. The van der Waals surface area contributed by atoms with E-state index in [9.17, 15) is 4.21 Å². The maximum Gasteiger partial charge on any atom is 0.0365 e. The van der Waals surface area contributed by atoms with E-state index in [0.29, 0.717) is 22.5 Å². The number of rotatable bonds is 6. The van der Waals surface area contributed by atoms with Crippen molar-refractivity contribution in [3.8, 4) is 0 Å². The highest BCUT2D eigenvalue weighted by Gasteiger charge is 2.29. The van der Waals surface area contributed by atoms with Gasteiger partial charge in [-0.1, -0.05) is 34.1 Å². The lowest BCUT2D eigenvalue weighted by atomic mass is 9.95. The predicted molar refractivity (Wildman–Crippen MR) is 76.8 cm³/mol. The van der Waals surface area contributed by atoms with Gasteiger partial charge < -0.3 is 5.32 Å². The Kier molecular flexibility index (Phi) is 6.71. The minimum atomic E-state index is -0.648. The van der Waals surface area contributed by atoms with Crippen LogP contribution in [-0.4, -0.2) is 27.3 Å². The van der Waals surface area contributed by atoms with Gasteiger partial charge in [0, 0.05) is 27.3 Å². The van der Waals surface area contributed by atoms with Gasteiger partial charge >= 0.3 is 0 Å². The topological polar surface area (TPSA) is 29.1 Å². The summed E-state index contributed by atoms with van der Waals surface area (Å²) in [5.41, 5.74) is 0. The van der Waals surface area contributed by atoms with Gasteiger partial charge in [-0.2, -0.15) is 0 Å². The Morgan fingerprint density at radius 1 is 1.29 bits per heavy atom. The Labute approximate surface area is 109 Å². The van der Waals surface area contributed by atoms with Crippen LogP contribution in [0.5, 0.6) is 0 Å². The molecule has 4 unspecified atom stereocenters. The van der Waals surface area contributed by atoms with Crippen molar-refractivity contribution in [2.75, 3.05) is 6.54 Å². The molecule has 1 N–H and O–H groups in total. The monoisotopic (exact) mass is 259 g/mol. The first-order valence-electron chi connectivity index (χ1n) is 7.19. The molecule has 1 aliphatic rings. The van der Waals surface area contributed by atoms with Gasteiger partial charge in [-0.05, 0) is 38.1 Å². The lowest BCUT2D eigenvalue weighted by Crippen LogP contribution is -2.40. The highest BCUT2D eigenvalue weighted by Crippen LogP contribution is 2.26. The molecule has 0 aromatic carbocycles. The number of hydrogen-bond donors (Lipinski definition) is 1. The molecule has 1 aliphatic carbocycles. The molecule has 17 heavy (non-hydrogen) atoms. The van der Waals surface area contributed by atoms with Crippen LogP contribution in [0.3, 0.4) is 0 Å². The molecule has 0 amide bonds. The van der Waals surface area contributed by atoms with E-state index >= 15 is 0 Å². The fourth-order valence-electron chi connectivity index (χ4n) is 2.46. The molecule has 0 saturated heterocycles. The normalized spacial score (nSPS) is 29.2. The predicted octanol–water partition coefficient (Wildman–Crippen LogP) is 3.09. The van der Waals surface area contributed by atoms with Gasteiger partial charge in [0.15, 0.2) is 0 Å². The maximum atomic E-state index is 12.4. The summed E-state index contributed by atoms with van der Waals surface area (Å²) in [6.45, 7) is 9.80. The Morgan fingerprint density at radius 3 is 2.59 bits per heavy atom. The van der Waals surface area contributed by atoms with Crippen LogP contribution in [0, 0.1) is 5.92 Å². The standard InChI is InChI=1S/C14H29NOS/c1-5-9-15-13-7-6-8-14(10-13)17(16)12(4)11(2)3/h11-15H,5-10H2,1-4H3. The zero-order valence-electron chi connectivity index (χ0n) is 11.9. The van der Waals surface area contributed by atoms with Gasteiger partial charge in [0.2, 0.25) is 0 Å². The highest BCUT2D eigenvalue weighted by molar-refractivity contribution is 7.86. The molecule has 4 atom stereocenters. The SMILES string of the molecule is CCCNC1CCCC(S(=O)C(C)C(C)C)C1. The molecule has 102 valence electrons. The van der Waals surface area contributed by atoms with Gasteiger partial charge in [0.05, 0.1) is 0 Å². The molecule has 0 bridgehead atoms. The van der Waals surface area contributed by atoms with E-state index in [1.165, 1.54) is 19.3 Å². The second-order valence-electron chi connectivity index (χ2n) is 5.72. The molecule has 0 aliphatic heterocycles. The fourth-order valence-corrected chi connectivity index (χ4v) is 4.43. The number of hydrogen-bond acceptors (Lipinski definition) is 2. The van der Waals surface area contributed by atoms with Crippen LogP contribution < -0.4 is 5.32 Å². The summed E-state index contributed by atoms with van der Waals surface area (Å²) >= 11 is 0. The van der Waals surface area contributed by atoms with Crippen molar-refractivity contribution in [3.05, 3.63) is 0 Å². The summed E-state index contributed by atoms with van der Waals surface area (Å²) in [5.74, 6) is 0.528. The van der Waals surface area contributed by atoms with Crippen LogP contribution in [0.15, 0.2) is 0 Å². The van der Waals surface area contributed by atoms with Gasteiger partial charge in [-0.3, -0.25) is 4.21 Å². The molecule has 1 fully saturated rings. The van der Waals surface area contributed by atoms with E-state index in [4.69, 9.17) is 0 Å². The summed E-state index contributed by atoms with van der Waals surface area (Å²) in [6, 6.07) is 0.608. The first-order valence-corrected chi connectivity index (χ1v) is 8.46. The van der Waals surface area contributed by atoms with Crippen molar-refractivity contribution in [2.24, 2.45) is 5.92 Å². The van der Waals surface area contributed by atoms with Crippen molar-refractivity contribution >= 4 is 10.8 Å². The van der Waals surface area contributed by atoms with Crippen LogP contribution in [-0.2, 0) is 10.8 Å². The molecule has 3 heteroatoms. The molecule has 0 heterocycles. The van der Waals surface area contributed by atoms with Crippen molar-refractivity contribution in [3.63, 3.8) is 0 Å². The van der Waals surface area contributed by atoms with E-state index in [-0.39, 0.29) is 0 Å². The van der Waals surface area contributed by atoms with Gasteiger partial charge in [0.25, 0.3) is 0 Å². The quantitative estimate of drug-likeness (QED) is 0.794. The summed E-state index contributed by atoms with van der Waals surface area (Å²) in [5, 5.41) is 4.35. The van der Waals surface area contributed by atoms with E-state index in [2.05, 4.69) is 33.0 Å². The van der Waals surface area contributed by atoms with E-state index in [0.717, 1.165) is 19.4 Å². The Bertz CT molecular complexity index is 242. The van der Waals surface area contributed by atoms with Crippen LogP contribution in [0.25, 0.3) is 0 Å². The molecule has 0 radical (unpaired) electrons. The third kappa shape index (κ3) is 4.70. The first-order chi connectivity index (χ1) is 8.06. The summed E-state index contributed by atoms with van der Waals surface area (Å²) in [4.78, 5) is 0. The van der Waals surface area contributed by atoms with Crippen LogP contribution in [0.2, 0.25) is 0 Å². The molecule has 1 rings (SSSR count). The van der Waals surface area contributed by atoms with Crippen molar-refractivity contribution in [2.45, 2.75) is 76.3 Å². The van der Waals surface area contributed by atoms with Crippen LogP contribution in [0.1, 0.15) is 59.8 Å². The zero-order valence-corrected chi connectivity index (χ0v) is 12.7. The van der Waals surface area contributed by atoms with E-state index in [1.807, 2.05) is 0 Å². The summed E-state index contributed by atoms with van der Waals surface area (Å²) in [7, 11) is -0.648. The largest absolute Gasteiger partial charge is 0.314 e. The smallest absolute Gasteiger partial charge is 0.0365 e. The second-order valence-corrected chi connectivity index (χ2v) is 7.78. The Hall–Kier alpha value is 0.110. The molecular formula is C14H29NOS. The average Bonchev–Trinajstić information content (AvgIpc) is 2.34. The lowest BCUT2D eigenvalue weighted by Gasteiger charge is -2.31. The third-order valence-electron chi connectivity index (χ3n) is 3.94. The second kappa shape index (κ2) is 7.52. The van der Waals surface area contributed by atoms with E-state index in [1.54, 1.807) is 0 Å². The van der Waals surface area contributed by atoms with Crippen molar-refractivity contribution in [1.82, 2.24) is 5.32 Å². The van der Waals surface area contributed by atoms with Crippen molar-refractivity contribution < 1.29 is 4.21 Å². The molecule has 2 nitrogen and oxygen atoms in total. The summed E-state index contributed by atoms with van der Waals surface area (Å²) in [6.07, 6.45) is 5.97. The van der Waals surface area contributed by atoms with Crippen molar-refractivity contribution in [1.29, 1.82) is 0 Å². The molecule has 0 spiro atoms. The first kappa shape index (κ1) is 15.2. The van der Waals surface area contributed by atoms with Crippen LogP contribution >= 0.6 is 0 Å². The van der Waals surface area contributed by atoms with Gasteiger partial charge in [0.1, 0.15) is 0 Å². The molecule has 0 aromatic rings. The minimum absolute atomic E-state index is 0.338. The maximum absolute atomic E-state index is 12.4. The lowest BCUT2D eigenvalue weighted by molar-refractivity contribution is 0.376. The number of nitrogens with one attached hydrogen (secondary N) is 1. The van der Waals surface area contributed by atoms with Gasteiger partial charge in [-0.15, -0.1) is 0 Å². The fraction of sp³-hybridized carbons (Fsp3) is 1.00. The van der Waals surface area contributed by atoms with Gasteiger partial charge in [-0.25, -0.2) is 0 Å². The Balaban J connectivity index is 2.45. The molecule has 0 aromatic heterocycles. The Morgan fingerprint density at radius 2 is 2.00 bits per heavy atom. The third-order valence-corrected chi connectivity index (χ3v) is 6.31. The van der Waals surface area contributed by atoms with E-state index < -0.39 is 10.8 Å². The summed E-state index contributed by atoms with van der Waals surface area (Å²) < 4.78 is 12.4. The minimum Gasteiger partial charge on any atom is -0.314 e. The molecule has 1 saturated carbocycles.